The zero-order chi connectivity index (χ0) is 25.3. The molecule has 5 N–H and O–H groups in total. The number of ether oxygens (including phenoxy) is 1. The van der Waals surface area contributed by atoms with Gasteiger partial charge < -0.3 is 31.1 Å². The van der Waals surface area contributed by atoms with Crippen LogP contribution in [-0.2, 0) is 20.9 Å². The minimum absolute atomic E-state index is 0.0361. The number of anilines is 1. The van der Waals surface area contributed by atoms with E-state index in [1.165, 1.54) is 11.8 Å². The third-order valence-electron chi connectivity index (χ3n) is 6.95. The van der Waals surface area contributed by atoms with Crippen molar-refractivity contribution in [3.8, 4) is 0 Å². The van der Waals surface area contributed by atoms with Gasteiger partial charge in [0, 0.05) is 24.5 Å². The number of nitrogens with one attached hydrogen (secondary N) is 4. The van der Waals surface area contributed by atoms with Crippen molar-refractivity contribution in [2.45, 2.75) is 61.7 Å². The number of aliphatic imine (C=N–C) groups is 1. The maximum atomic E-state index is 13.1. The van der Waals surface area contributed by atoms with E-state index < -0.39 is 11.5 Å². The van der Waals surface area contributed by atoms with Crippen molar-refractivity contribution in [2.24, 2.45) is 4.99 Å². The SMILES string of the molecule is COC1=CC=C2N=CC=C(NC(=O)C3(O)CCC(NCc4nc5c(cc4C)SCC(=O)N5)CC3)C2N1. The number of methoxy groups -OCH3 is 1. The Kier molecular flexibility index (Phi) is 6.87. The first-order chi connectivity index (χ1) is 17.3. The molecular formula is C25H30N6O4S. The number of rotatable bonds is 6. The maximum Gasteiger partial charge on any atom is 0.256 e. The maximum absolute atomic E-state index is 13.1. The first-order valence-electron chi connectivity index (χ1n) is 12.0. The number of aliphatic hydroxyl groups is 1. The molecule has 0 saturated heterocycles. The van der Waals surface area contributed by atoms with Crippen LogP contribution in [0.25, 0.3) is 0 Å². The van der Waals surface area contributed by atoms with Crippen molar-refractivity contribution >= 4 is 35.6 Å². The van der Waals surface area contributed by atoms with Gasteiger partial charge in [-0.05, 0) is 62.5 Å². The molecule has 1 fully saturated rings. The largest absolute Gasteiger partial charge is 0.482 e. The van der Waals surface area contributed by atoms with Crippen molar-refractivity contribution in [2.75, 3.05) is 18.2 Å². The predicted molar refractivity (Wildman–Crippen MR) is 137 cm³/mol. The number of aryl methyl sites for hydroxylation is 1. The normalized spacial score (nSPS) is 26.9. The highest BCUT2D eigenvalue weighted by atomic mass is 32.2. The Labute approximate surface area is 213 Å². The number of nitrogens with zero attached hydrogens (tertiary/aromatic N) is 2. The fraction of sp³-hybridized carbons (Fsp3) is 0.440. The minimum atomic E-state index is -1.44. The molecule has 0 radical (unpaired) electrons. The second kappa shape index (κ2) is 10.1. The molecule has 1 atom stereocenters. The van der Waals surface area contributed by atoms with Crippen molar-refractivity contribution in [1.29, 1.82) is 0 Å². The molecular weight excluding hydrogens is 480 g/mol. The molecule has 4 aliphatic rings. The van der Waals surface area contributed by atoms with E-state index >= 15 is 0 Å². The second-order valence-electron chi connectivity index (χ2n) is 9.38. The number of thioether (sulfide) groups is 1. The van der Waals surface area contributed by atoms with Gasteiger partial charge in [0.05, 0.1) is 29.1 Å². The zero-order valence-corrected chi connectivity index (χ0v) is 21.1. The lowest BCUT2D eigenvalue weighted by Crippen LogP contribution is -2.53. The van der Waals surface area contributed by atoms with Crippen molar-refractivity contribution in [3.63, 3.8) is 0 Å². The van der Waals surface area contributed by atoms with Crippen LogP contribution < -0.4 is 21.3 Å². The zero-order valence-electron chi connectivity index (χ0n) is 20.3. The van der Waals surface area contributed by atoms with Gasteiger partial charge in [-0.15, -0.1) is 11.8 Å². The number of hydrogen-bond donors (Lipinski definition) is 5. The third-order valence-corrected chi connectivity index (χ3v) is 7.98. The summed E-state index contributed by atoms with van der Waals surface area (Å²) in [6, 6.07) is 1.88. The molecule has 1 aliphatic carbocycles. The molecule has 2 amide bonds. The van der Waals surface area contributed by atoms with Crippen LogP contribution in [0.4, 0.5) is 5.82 Å². The minimum Gasteiger partial charge on any atom is -0.482 e. The summed E-state index contributed by atoms with van der Waals surface area (Å²) in [5.74, 6) is 1.17. The van der Waals surface area contributed by atoms with Gasteiger partial charge in [-0.3, -0.25) is 14.6 Å². The average molecular weight is 511 g/mol. The van der Waals surface area contributed by atoms with Crippen LogP contribution >= 0.6 is 11.8 Å². The summed E-state index contributed by atoms with van der Waals surface area (Å²) in [5, 5.41) is 23.6. The van der Waals surface area contributed by atoms with Gasteiger partial charge in [0.15, 0.2) is 5.88 Å². The van der Waals surface area contributed by atoms with E-state index in [0.29, 0.717) is 55.4 Å². The highest BCUT2D eigenvalue weighted by molar-refractivity contribution is 8.00. The van der Waals surface area contributed by atoms with Crippen molar-refractivity contribution in [3.05, 3.63) is 52.8 Å². The molecule has 1 aromatic rings. The number of carbonyl (C=O) groups is 2. The number of dihydropyridines is 2. The number of pyridine rings is 1. The first-order valence-corrected chi connectivity index (χ1v) is 13.0. The summed E-state index contributed by atoms with van der Waals surface area (Å²) in [5.41, 5.74) is 1.90. The lowest BCUT2D eigenvalue weighted by atomic mass is 9.81. The Hall–Kier alpha value is -3.15. The standard InChI is InChI=1S/C25H30N6O4S/c1-14-11-19-23(30-20(32)13-36-19)28-18(14)12-27-15-5-8-25(34,9-6-15)24(33)29-17-7-10-26-16-3-4-21(35-2)31-22(16)17/h3-4,7,10-11,15,22,27,31,34H,5-6,8-9,12-13H2,1-2H3,(H,29,33)(H,28,30,32). The molecule has 10 nitrogen and oxygen atoms in total. The molecule has 1 unspecified atom stereocenters. The van der Waals surface area contributed by atoms with Crippen molar-refractivity contribution in [1.82, 2.24) is 20.9 Å². The third kappa shape index (κ3) is 5.04. The quantitative estimate of drug-likeness (QED) is 0.390. The Morgan fingerprint density at radius 3 is 2.89 bits per heavy atom. The Morgan fingerprint density at radius 1 is 1.31 bits per heavy atom. The molecule has 0 aromatic carbocycles. The Bertz CT molecular complexity index is 1200. The van der Waals surface area contributed by atoms with Gasteiger partial charge >= 0.3 is 0 Å². The number of allylic oxidation sites excluding steroid dienone is 3. The molecule has 0 bridgehead atoms. The topological polar surface area (TPSA) is 137 Å². The molecule has 36 heavy (non-hydrogen) atoms. The van der Waals surface area contributed by atoms with Gasteiger partial charge in [-0.2, -0.15) is 0 Å². The molecule has 1 aromatic heterocycles. The van der Waals surface area contributed by atoms with Crippen LogP contribution in [-0.4, -0.2) is 58.7 Å². The molecule has 1 saturated carbocycles. The van der Waals surface area contributed by atoms with Crippen LogP contribution in [0.2, 0.25) is 0 Å². The smallest absolute Gasteiger partial charge is 0.256 e. The van der Waals surface area contributed by atoms with E-state index in [2.05, 4.69) is 37.3 Å². The molecule has 190 valence electrons. The van der Waals surface area contributed by atoms with Crippen LogP contribution in [0.5, 0.6) is 0 Å². The van der Waals surface area contributed by atoms with Gasteiger partial charge in [0.2, 0.25) is 5.91 Å². The monoisotopic (exact) mass is 510 g/mol. The van der Waals surface area contributed by atoms with Gasteiger partial charge in [0.25, 0.3) is 5.91 Å². The van der Waals surface area contributed by atoms with Crippen molar-refractivity contribution < 1.29 is 19.4 Å². The first kappa shape index (κ1) is 24.5. The number of carbonyl (C=O) groups excluding carboxylic acids is 2. The van der Waals surface area contributed by atoms with Gasteiger partial charge in [-0.25, -0.2) is 4.98 Å². The van der Waals surface area contributed by atoms with Gasteiger partial charge in [0.1, 0.15) is 17.5 Å². The van der Waals surface area contributed by atoms with E-state index in [4.69, 9.17) is 4.74 Å². The van der Waals surface area contributed by atoms with E-state index in [9.17, 15) is 14.7 Å². The van der Waals surface area contributed by atoms with E-state index in [0.717, 1.165) is 21.8 Å². The number of hydrogen-bond acceptors (Lipinski definition) is 9. The molecule has 11 heteroatoms. The Balaban J connectivity index is 1.15. The lowest BCUT2D eigenvalue weighted by Gasteiger charge is -2.36. The average Bonchev–Trinajstić information content (AvgIpc) is 2.88. The summed E-state index contributed by atoms with van der Waals surface area (Å²) < 4.78 is 5.27. The highest BCUT2D eigenvalue weighted by Crippen LogP contribution is 2.32. The summed E-state index contributed by atoms with van der Waals surface area (Å²) in [6.45, 7) is 2.57. The van der Waals surface area contributed by atoms with Crippen LogP contribution in [0.15, 0.2) is 51.5 Å². The van der Waals surface area contributed by atoms with E-state index in [1.807, 2.05) is 13.0 Å². The number of aromatic nitrogens is 1. The molecule has 0 spiro atoms. The van der Waals surface area contributed by atoms with E-state index in [-0.39, 0.29) is 18.0 Å². The molecule has 4 heterocycles. The van der Waals surface area contributed by atoms with Gasteiger partial charge in [-0.1, -0.05) is 0 Å². The van der Waals surface area contributed by atoms with Crippen LogP contribution in [0, 0.1) is 6.92 Å². The Morgan fingerprint density at radius 2 is 2.11 bits per heavy atom. The summed E-state index contributed by atoms with van der Waals surface area (Å²) in [4.78, 5) is 34.8. The fourth-order valence-corrected chi connectivity index (χ4v) is 5.60. The summed E-state index contributed by atoms with van der Waals surface area (Å²) >= 11 is 1.50. The number of fused-ring (bicyclic) bond motifs is 2. The number of amides is 2. The molecule has 3 aliphatic heterocycles. The summed E-state index contributed by atoms with van der Waals surface area (Å²) in [7, 11) is 1.57. The highest BCUT2D eigenvalue weighted by Gasteiger charge is 2.41. The summed E-state index contributed by atoms with van der Waals surface area (Å²) in [6.07, 6.45) is 9.01. The molecule has 5 rings (SSSR count). The fourth-order valence-electron chi connectivity index (χ4n) is 4.75. The van der Waals surface area contributed by atoms with Crippen LogP contribution in [0.3, 0.4) is 0 Å². The van der Waals surface area contributed by atoms with E-state index in [1.54, 1.807) is 25.5 Å². The predicted octanol–water partition coefficient (Wildman–Crippen LogP) is 1.63. The van der Waals surface area contributed by atoms with Crippen LogP contribution in [0.1, 0.15) is 36.9 Å². The second-order valence-corrected chi connectivity index (χ2v) is 10.4. The lowest BCUT2D eigenvalue weighted by molar-refractivity contribution is -0.142.